The molecule has 6 aromatic heterocycles. The van der Waals surface area contributed by atoms with Crippen molar-refractivity contribution in [2.45, 2.75) is 60.7 Å². The van der Waals surface area contributed by atoms with Gasteiger partial charge in [0, 0.05) is 68.2 Å². The predicted octanol–water partition coefficient (Wildman–Crippen LogP) is 22.3. The maximum absolute atomic E-state index is 13.5. The third-order valence-corrected chi connectivity index (χ3v) is 28.1. The Kier molecular flexibility index (Phi) is 28.9. The maximum Gasteiger partial charge on any atom is 0.133 e. The number of rotatable bonds is 24. The minimum absolute atomic E-state index is 0.0448. The number of hydrogen-bond acceptors (Lipinski definition) is 22. The molecule has 1 aliphatic carbocycles. The average Bonchev–Trinajstić information content (AvgIpc) is 1.61. The molecule has 558 valence electrons. The number of aryl methyl sites for hydroxylation is 4. The monoisotopic (exact) mass is 1630 g/mol. The summed E-state index contributed by atoms with van der Waals surface area (Å²) in [6.07, 6.45) is 13.7. The van der Waals surface area contributed by atoms with E-state index in [4.69, 9.17) is 60.5 Å². The van der Waals surface area contributed by atoms with E-state index in [1.54, 1.807) is 102 Å². The second-order valence-electron chi connectivity index (χ2n) is 23.9. The van der Waals surface area contributed by atoms with Gasteiger partial charge in [-0.2, -0.15) is 0 Å². The van der Waals surface area contributed by atoms with Gasteiger partial charge in [-0.3, -0.25) is 27.0 Å². The van der Waals surface area contributed by atoms with Gasteiger partial charge in [0.1, 0.15) is 40.7 Å². The van der Waals surface area contributed by atoms with Gasteiger partial charge < -0.3 is 69.9 Å². The van der Waals surface area contributed by atoms with E-state index in [1.807, 2.05) is 147 Å². The van der Waals surface area contributed by atoms with Crippen LogP contribution in [0.15, 0.2) is 209 Å². The van der Waals surface area contributed by atoms with Crippen LogP contribution in [-0.4, -0.2) is 72.1 Å². The lowest BCUT2D eigenvalue weighted by atomic mass is 10.1. The number of nitrogens with one attached hydrogen (secondary N) is 11. The molecule has 13 aromatic rings. The van der Waals surface area contributed by atoms with Crippen LogP contribution in [0.3, 0.4) is 0 Å². The fourth-order valence-electron chi connectivity index (χ4n) is 11.3. The Balaban J connectivity index is 0.000000145. The first kappa shape index (κ1) is 81.0. The number of benzene rings is 7. The van der Waals surface area contributed by atoms with Crippen molar-refractivity contribution in [3.05, 3.63) is 235 Å². The van der Waals surface area contributed by atoms with Crippen LogP contribution in [0, 0.1) is 39.8 Å². The molecule has 0 fully saturated rings. The van der Waals surface area contributed by atoms with E-state index in [1.165, 1.54) is 92.3 Å². The van der Waals surface area contributed by atoms with Crippen molar-refractivity contribution in [3.63, 3.8) is 0 Å². The number of aromatic nitrogens is 1. The number of nitrogens with two attached hydrogens (primary N) is 5. The second kappa shape index (κ2) is 38.5. The Labute approximate surface area is 670 Å². The van der Waals surface area contributed by atoms with Gasteiger partial charge in [0.05, 0.1) is 81.0 Å². The second-order valence-corrected chi connectivity index (χ2v) is 34.5. The summed E-state index contributed by atoms with van der Waals surface area (Å²) in [7, 11) is 1.65. The van der Waals surface area contributed by atoms with Gasteiger partial charge in [0.25, 0.3) is 0 Å². The molecule has 0 saturated carbocycles. The maximum atomic E-state index is 13.5. The number of para-hydroxylation sites is 2. The number of thiophene rings is 5. The van der Waals surface area contributed by atoms with E-state index in [2.05, 4.69) is 104 Å². The first-order valence-electron chi connectivity index (χ1n) is 33.5. The summed E-state index contributed by atoms with van der Waals surface area (Å²) in [5, 5.41) is 60.5. The summed E-state index contributed by atoms with van der Waals surface area (Å²) in [5.74, 6) is 1.08. The average molecular weight is 1630 g/mol. The molecule has 0 bridgehead atoms. The van der Waals surface area contributed by atoms with Crippen molar-refractivity contribution >= 4 is 235 Å². The molecule has 0 saturated heterocycles. The molecule has 0 amide bonds. The molecule has 1 aliphatic rings. The third kappa shape index (κ3) is 21.0. The fourth-order valence-corrected chi connectivity index (χ4v) is 19.5. The lowest BCUT2D eigenvalue weighted by Crippen LogP contribution is -2.08. The molecular formula is C79H84FN17OS10. The van der Waals surface area contributed by atoms with Crippen LogP contribution >= 0.6 is 115 Å². The minimum Gasteiger partial charge on any atom is -0.497 e. The van der Waals surface area contributed by atoms with Gasteiger partial charge >= 0.3 is 0 Å². The number of fused-ring (bicyclic) bond motifs is 4. The molecule has 108 heavy (non-hydrogen) atoms. The highest BCUT2D eigenvalue weighted by Gasteiger charge is 2.19. The van der Waals surface area contributed by atoms with Gasteiger partial charge in [-0.15, -0.1) is 115 Å². The van der Waals surface area contributed by atoms with E-state index in [0.717, 1.165) is 115 Å². The lowest BCUT2D eigenvalue weighted by Gasteiger charge is -2.09. The number of nitrogens with zero attached hydrogens (tertiary/aromatic N) is 1. The molecular weight excluding hydrogens is 1540 g/mol. The van der Waals surface area contributed by atoms with E-state index in [-0.39, 0.29) is 35.0 Å². The van der Waals surface area contributed by atoms with Crippen molar-refractivity contribution in [1.82, 2.24) is 4.57 Å². The standard InChI is InChI=1S/C20H20N4S2.C18H18N4S2.C15H17N3S2.C13H14FN3S2.C13H15N3OS2/c1-3-24-16-7-5-4-6-13(16)14-10-12(8-9-17(14)24)23-15-11-18(19(21)22)26-20(15)25-2;1-23-18-15(11-16(24-18)17(19)20)22-14-9-7-13(8-10-14)21-12-5-3-2-4-6-12;1-19-15-12(8-13(20-15)14(16)17)18-11-6-5-9-3-2-4-10(9)7-11;1-7-3-4-8(5-9(7)14)17-10-6-11(12(15)16)19-13(10)18-2;1-17-9-5-3-8(4-6-9)16-10-7-11(12(14)15)19-13(10)18-2/h4-11,23H,3H2,1-2H3,(H3,21,22);2-11,21-22H,1H3,(H3,19,20);5-8,18H,2-4H2,1H3,(H3,16,17);3-6,17H,1-2H3,(H3,15,16);3-7,16H,1-2H3,(H3,14,15). The van der Waals surface area contributed by atoms with Gasteiger partial charge in [0.2, 0.25) is 0 Å². The topological polar surface area (TPSA) is 336 Å². The molecule has 0 aliphatic heterocycles. The van der Waals surface area contributed by atoms with Gasteiger partial charge in [-0.05, 0) is 221 Å². The zero-order valence-corrected chi connectivity index (χ0v) is 68.6. The minimum atomic E-state index is -0.238. The number of hydrogen-bond donors (Lipinski definition) is 16. The normalized spacial score (nSPS) is 11.1. The van der Waals surface area contributed by atoms with Crippen molar-refractivity contribution in [2.24, 2.45) is 28.7 Å². The van der Waals surface area contributed by atoms with Gasteiger partial charge in [0.15, 0.2) is 0 Å². The summed E-state index contributed by atoms with van der Waals surface area (Å²) >= 11 is 15.8. The highest BCUT2D eigenvalue weighted by atomic mass is 32.2. The van der Waals surface area contributed by atoms with Crippen molar-refractivity contribution in [1.29, 1.82) is 27.0 Å². The number of ether oxygens (including phenoxy) is 1. The quantitative estimate of drug-likeness (QED) is 0.0152. The lowest BCUT2D eigenvalue weighted by molar-refractivity contribution is 0.415. The highest BCUT2D eigenvalue weighted by Crippen LogP contribution is 2.43. The molecule has 0 radical (unpaired) electrons. The summed E-state index contributed by atoms with van der Waals surface area (Å²) in [5.41, 5.74) is 45.7. The van der Waals surface area contributed by atoms with E-state index >= 15 is 0 Å². The summed E-state index contributed by atoms with van der Waals surface area (Å²) in [4.78, 5) is 3.88. The van der Waals surface area contributed by atoms with Crippen LogP contribution < -0.4 is 65.3 Å². The zero-order chi connectivity index (χ0) is 77.1. The Morgan fingerprint density at radius 3 is 1.16 bits per heavy atom. The number of halogens is 1. The molecule has 0 unspecified atom stereocenters. The predicted molar refractivity (Wildman–Crippen MR) is 476 cm³/mol. The number of amidine groups is 5. The first-order valence-corrected chi connectivity index (χ1v) is 43.7. The van der Waals surface area contributed by atoms with Crippen LogP contribution in [-0.2, 0) is 19.4 Å². The Hall–Kier alpha value is -9.53. The first-order chi connectivity index (χ1) is 52.1. The summed E-state index contributed by atoms with van der Waals surface area (Å²) in [6, 6.07) is 62.1. The number of anilines is 12. The molecule has 0 atom stereocenters. The van der Waals surface area contributed by atoms with Crippen LogP contribution in [0.1, 0.15) is 54.4 Å². The van der Waals surface area contributed by atoms with Crippen molar-refractivity contribution in [3.8, 4) is 5.75 Å². The van der Waals surface area contributed by atoms with Crippen LogP contribution in [0.2, 0.25) is 0 Å². The summed E-state index contributed by atoms with van der Waals surface area (Å²) < 4.78 is 26.5. The van der Waals surface area contributed by atoms with Crippen LogP contribution in [0.25, 0.3) is 21.8 Å². The highest BCUT2D eigenvalue weighted by molar-refractivity contribution is 8.01. The fraction of sp³-hybridized carbons (Fsp3) is 0.152. The molecule has 7 aromatic carbocycles. The van der Waals surface area contributed by atoms with E-state index in [9.17, 15) is 4.39 Å². The van der Waals surface area contributed by atoms with Crippen LogP contribution in [0.4, 0.5) is 72.6 Å². The molecule has 0 spiro atoms. The van der Waals surface area contributed by atoms with Crippen molar-refractivity contribution in [2.75, 3.05) is 70.3 Å². The van der Waals surface area contributed by atoms with Gasteiger partial charge in [-0.25, -0.2) is 4.39 Å². The van der Waals surface area contributed by atoms with E-state index in [0.29, 0.717) is 16.1 Å². The van der Waals surface area contributed by atoms with Gasteiger partial charge in [-0.1, -0.05) is 48.5 Å². The Morgan fingerprint density at radius 1 is 0.398 bits per heavy atom. The molecule has 29 heteroatoms. The number of nitrogen functional groups attached to an aromatic ring is 5. The molecule has 21 N–H and O–H groups in total. The van der Waals surface area contributed by atoms with Crippen molar-refractivity contribution < 1.29 is 9.13 Å². The number of methoxy groups -OCH3 is 1. The van der Waals surface area contributed by atoms with E-state index < -0.39 is 0 Å². The smallest absolute Gasteiger partial charge is 0.133 e. The molecule has 14 rings (SSSR count). The Morgan fingerprint density at radius 2 is 0.741 bits per heavy atom. The number of thioether (sulfide) groups is 5. The molecule has 18 nitrogen and oxygen atoms in total. The SMILES string of the molecule is CCn1c2ccccc2c2cc(Nc3cc(C(=N)N)sc3SC)ccc21.COc1ccc(Nc2cc(C(=N)N)sc2SC)cc1.CSc1sc(C(=N)N)cc1Nc1ccc(C)c(F)c1.CSc1sc(C(=N)N)cc1Nc1ccc(Nc2ccccc2)cc1.CSc1sc(C(=N)N)cc1Nc1ccc2c(c1)CCC2. The van der Waals surface area contributed by atoms with Crippen LogP contribution in [0.5, 0.6) is 5.75 Å². The molecule has 6 heterocycles. The third-order valence-electron chi connectivity index (χ3n) is 16.5. The summed E-state index contributed by atoms with van der Waals surface area (Å²) in [6.45, 7) is 4.85. The zero-order valence-electron chi connectivity index (χ0n) is 60.4. The largest absolute Gasteiger partial charge is 0.497 e. The Bertz CT molecular complexity index is 5320.